The average Bonchev–Trinajstić information content (AvgIpc) is 2.59. The van der Waals surface area contributed by atoms with Gasteiger partial charge in [-0.3, -0.25) is 0 Å². The number of hydrogen-bond donors (Lipinski definition) is 2. The van der Waals surface area contributed by atoms with E-state index in [0.717, 1.165) is 32.1 Å². The molecule has 0 atom stereocenters. The lowest BCUT2D eigenvalue weighted by atomic mass is 10.1. The molecule has 5 heteroatoms. The molecule has 0 aliphatic rings. The number of esters is 1. The molecular formula is C20H34O5. The maximum atomic E-state index is 11.7. The third-order valence-electron chi connectivity index (χ3n) is 4.03. The highest BCUT2D eigenvalue weighted by atomic mass is 16.5. The molecule has 0 bridgehead atoms. The van der Waals surface area contributed by atoms with Gasteiger partial charge in [-0.25, -0.2) is 9.59 Å². The van der Waals surface area contributed by atoms with Crippen LogP contribution in [0.5, 0.6) is 0 Å². The zero-order chi connectivity index (χ0) is 18.9. The van der Waals surface area contributed by atoms with Crippen LogP contribution in [-0.2, 0) is 14.3 Å². The van der Waals surface area contributed by atoms with Crippen LogP contribution in [0.1, 0.15) is 78.1 Å². The highest BCUT2D eigenvalue weighted by Gasteiger charge is 2.05. The molecule has 0 aromatic rings. The van der Waals surface area contributed by atoms with Crippen molar-refractivity contribution < 1.29 is 24.5 Å². The van der Waals surface area contributed by atoms with Gasteiger partial charge in [0.2, 0.25) is 0 Å². The van der Waals surface area contributed by atoms with Gasteiger partial charge in [0.25, 0.3) is 0 Å². The van der Waals surface area contributed by atoms with E-state index in [4.69, 9.17) is 14.9 Å². The largest absolute Gasteiger partial charge is 0.478 e. The van der Waals surface area contributed by atoms with E-state index in [-0.39, 0.29) is 5.57 Å². The zero-order valence-corrected chi connectivity index (χ0v) is 15.8. The van der Waals surface area contributed by atoms with E-state index in [1.807, 2.05) is 0 Å². The minimum Gasteiger partial charge on any atom is -0.478 e. The Morgan fingerprint density at radius 1 is 0.760 bits per heavy atom. The molecule has 0 aliphatic carbocycles. The fourth-order valence-corrected chi connectivity index (χ4v) is 2.30. The molecule has 0 aliphatic heterocycles. The zero-order valence-electron chi connectivity index (χ0n) is 15.8. The summed E-state index contributed by atoms with van der Waals surface area (Å²) in [4.78, 5) is 22.4. The Kier molecular flexibility index (Phi) is 14.9. The fourth-order valence-electron chi connectivity index (χ4n) is 2.30. The molecule has 0 spiro atoms. The summed E-state index contributed by atoms with van der Waals surface area (Å²) in [5.41, 5.74) is 0.586. The molecule has 25 heavy (non-hydrogen) atoms. The van der Waals surface area contributed by atoms with Crippen molar-refractivity contribution >= 4 is 11.9 Å². The first-order valence-electron chi connectivity index (χ1n) is 9.35. The Labute approximate surface area is 151 Å². The first-order chi connectivity index (χ1) is 12.0. The van der Waals surface area contributed by atoms with E-state index in [9.17, 15) is 9.59 Å². The summed E-state index contributed by atoms with van der Waals surface area (Å²) >= 11 is 0. The lowest BCUT2D eigenvalue weighted by Gasteiger charge is -2.05. The molecule has 0 heterocycles. The monoisotopic (exact) mass is 354 g/mol. The van der Waals surface area contributed by atoms with Crippen molar-refractivity contribution in [3.8, 4) is 0 Å². The van der Waals surface area contributed by atoms with Gasteiger partial charge in [0, 0.05) is 17.8 Å². The number of ether oxygens (including phenoxy) is 1. The SMILES string of the molecule is CC(=CC=C(C)C(=O)OCCCCCCCCCCCCO)C(=O)O. The minimum atomic E-state index is -0.998. The molecule has 0 fully saturated rings. The van der Waals surface area contributed by atoms with Crippen molar-refractivity contribution in [3.05, 3.63) is 23.3 Å². The summed E-state index contributed by atoms with van der Waals surface area (Å²) in [6, 6.07) is 0. The number of carbonyl (C=O) groups excluding carboxylic acids is 1. The number of carboxylic acid groups (broad SMARTS) is 1. The van der Waals surface area contributed by atoms with Crippen LogP contribution < -0.4 is 0 Å². The lowest BCUT2D eigenvalue weighted by molar-refractivity contribution is -0.139. The molecule has 5 nitrogen and oxygen atoms in total. The van der Waals surface area contributed by atoms with Crippen LogP contribution in [0.2, 0.25) is 0 Å². The summed E-state index contributed by atoms with van der Waals surface area (Å²) < 4.78 is 5.17. The predicted octanol–water partition coefficient (Wildman–Crippen LogP) is 4.40. The highest BCUT2D eigenvalue weighted by molar-refractivity contribution is 5.89. The number of aliphatic carboxylic acids is 1. The number of unbranched alkanes of at least 4 members (excludes halogenated alkanes) is 9. The molecule has 0 amide bonds. The number of hydrogen-bond acceptors (Lipinski definition) is 4. The van der Waals surface area contributed by atoms with Crippen LogP contribution >= 0.6 is 0 Å². The number of allylic oxidation sites excluding steroid dienone is 2. The Bertz CT molecular complexity index is 437. The molecule has 0 rings (SSSR count). The first kappa shape index (κ1) is 23.4. The van der Waals surface area contributed by atoms with Gasteiger partial charge < -0.3 is 14.9 Å². The second-order valence-electron chi connectivity index (χ2n) is 6.40. The average molecular weight is 354 g/mol. The van der Waals surface area contributed by atoms with Gasteiger partial charge in [-0.05, 0) is 26.7 Å². The molecule has 2 N–H and O–H groups in total. The summed E-state index contributed by atoms with van der Waals surface area (Å²) in [6.07, 6.45) is 14.2. The van der Waals surface area contributed by atoms with E-state index in [0.29, 0.717) is 18.8 Å². The van der Waals surface area contributed by atoms with Crippen LogP contribution in [0, 0.1) is 0 Å². The predicted molar refractivity (Wildman–Crippen MR) is 99.4 cm³/mol. The van der Waals surface area contributed by atoms with Crippen LogP contribution in [0.4, 0.5) is 0 Å². The first-order valence-corrected chi connectivity index (χ1v) is 9.35. The Morgan fingerprint density at radius 3 is 1.68 bits per heavy atom. The molecule has 0 radical (unpaired) electrons. The quantitative estimate of drug-likeness (QED) is 0.197. The third kappa shape index (κ3) is 14.4. The molecule has 144 valence electrons. The van der Waals surface area contributed by atoms with Crippen molar-refractivity contribution in [3.63, 3.8) is 0 Å². The van der Waals surface area contributed by atoms with Gasteiger partial charge in [-0.2, -0.15) is 0 Å². The van der Waals surface area contributed by atoms with Gasteiger partial charge in [0.05, 0.1) is 6.61 Å². The van der Waals surface area contributed by atoms with E-state index in [1.165, 1.54) is 51.2 Å². The Balaban J connectivity index is 3.59. The van der Waals surface area contributed by atoms with Gasteiger partial charge in [0.1, 0.15) is 0 Å². The maximum Gasteiger partial charge on any atom is 0.333 e. The van der Waals surface area contributed by atoms with E-state index >= 15 is 0 Å². The number of carboxylic acids is 1. The molecular weight excluding hydrogens is 320 g/mol. The molecule has 0 aromatic heterocycles. The van der Waals surface area contributed by atoms with Gasteiger partial charge in [0.15, 0.2) is 0 Å². The van der Waals surface area contributed by atoms with Gasteiger partial charge in [-0.15, -0.1) is 0 Å². The number of rotatable bonds is 15. The lowest BCUT2D eigenvalue weighted by Crippen LogP contribution is -2.07. The third-order valence-corrected chi connectivity index (χ3v) is 4.03. The molecule has 0 unspecified atom stereocenters. The van der Waals surface area contributed by atoms with Crippen molar-refractivity contribution in [1.82, 2.24) is 0 Å². The summed E-state index contributed by atoms with van der Waals surface area (Å²) in [5, 5.41) is 17.4. The van der Waals surface area contributed by atoms with Crippen LogP contribution in [-0.4, -0.2) is 35.4 Å². The van der Waals surface area contributed by atoms with E-state index in [1.54, 1.807) is 6.92 Å². The second-order valence-corrected chi connectivity index (χ2v) is 6.40. The maximum absolute atomic E-state index is 11.7. The Morgan fingerprint density at radius 2 is 1.20 bits per heavy atom. The van der Waals surface area contributed by atoms with Crippen molar-refractivity contribution in [1.29, 1.82) is 0 Å². The van der Waals surface area contributed by atoms with E-state index < -0.39 is 11.9 Å². The van der Waals surface area contributed by atoms with Crippen LogP contribution in [0.3, 0.4) is 0 Å². The summed E-state index contributed by atoms with van der Waals surface area (Å²) in [6.45, 7) is 3.81. The molecule has 0 aromatic carbocycles. The van der Waals surface area contributed by atoms with E-state index in [2.05, 4.69) is 0 Å². The number of carbonyl (C=O) groups is 2. The highest BCUT2D eigenvalue weighted by Crippen LogP contribution is 2.10. The van der Waals surface area contributed by atoms with Crippen LogP contribution in [0.25, 0.3) is 0 Å². The Hall–Kier alpha value is -1.62. The molecule has 0 saturated carbocycles. The number of aliphatic hydroxyl groups excluding tert-OH is 1. The van der Waals surface area contributed by atoms with Crippen LogP contribution in [0.15, 0.2) is 23.3 Å². The standard InChI is InChI=1S/C20H34O5/c1-17(19(22)23)13-14-18(2)20(24)25-16-12-10-8-6-4-3-5-7-9-11-15-21/h13-14,21H,3-12,15-16H2,1-2H3,(H,22,23). The van der Waals surface area contributed by atoms with Crippen molar-refractivity contribution in [2.75, 3.05) is 13.2 Å². The van der Waals surface area contributed by atoms with Crippen molar-refractivity contribution in [2.45, 2.75) is 78.1 Å². The minimum absolute atomic E-state index is 0.181. The second kappa shape index (κ2) is 15.9. The normalized spacial score (nSPS) is 12.3. The smallest absolute Gasteiger partial charge is 0.333 e. The van der Waals surface area contributed by atoms with Gasteiger partial charge in [-0.1, -0.05) is 63.5 Å². The summed E-state index contributed by atoms with van der Waals surface area (Å²) in [7, 11) is 0. The summed E-state index contributed by atoms with van der Waals surface area (Å²) in [5.74, 6) is -1.39. The van der Waals surface area contributed by atoms with Gasteiger partial charge >= 0.3 is 11.9 Å². The topological polar surface area (TPSA) is 83.8 Å². The molecule has 0 saturated heterocycles. The fraction of sp³-hybridized carbons (Fsp3) is 0.700. The number of aliphatic hydroxyl groups is 1. The van der Waals surface area contributed by atoms with Crippen molar-refractivity contribution in [2.24, 2.45) is 0 Å².